The van der Waals surface area contributed by atoms with Crippen LogP contribution in [0.15, 0.2) is 23.0 Å². The summed E-state index contributed by atoms with van der Waals surface area (Å²) >= 11 is 0. The number of aromatic nitrogens is 2. The van der Waals surface area contributed by atoms with Crippen molar-refractivity contribution in [2.24, 2.45) is 0 Å². The molecule has 136 valence electrons. The third-order valence-corrected chi connectivity index (χ3v) is 4.10. The highest BCUT2D eigenvalue weighted by atomic mass is 19.1. The molecule has 26 heavy (non-hydrogen) atoms. The number of hydrogen-bond donors (Lipinski definition) is 0. The molecule has 0 saturated heterocycles. The highest BCUT2D eigenvalue weighted by Gasteiger charge is 2.16. The first-order chi connectivity index (χ1) is 12.3. The molecule has 8 heteroatoms. The van der Waals surface area contributed by atoms with Crippen LogP contribution in [0.2, 0.25) is 0 Å². The standard InChI is InChI=1S/C18H19FN4O3/c1-11-12(2)21-23(18(25)14(11)8-20)10-17(24)22(3)9-13-5-6-16(26-4)15(19)7-13/h5-7H,9-10H2,1-4H3. The molecule has 0 aliphatic rings. The number of carbonyl (C=O) groups excluding carboxylic acids is 1. The number of nitriles is 1. The molecule has 0 radical (unpaired) electrons. The molecule has 0 unspecified atom stereocenters. The van der Waals surface area contributed by atoms with Crippen LogP contribution in [0.25, 0.3) is 0 Å². The Balaban J connectivity index is 2.18. The van der Waals surface area contributed by atoms with E-state index in [1.54, 1.807) is 27.0 Å². The minimum absolute atomic E-state index is 0.0230. The molecule has 0 spiro atoms. The van der Waals surface area contributed by atoms with E-state index < -0.39 is 11.4 Å². The van der Waals surface area contributed by atoms with Gasteiger partial charge in [0.1, 0.15) is 18.2 Å². The lowest BCUT2D eigenvalue weighted by Gasteiger charge is -2.18. The Morgan fingerprint density at radius 2 is 2.12 bits per heavy atom. The maximum absolute atomic E-state index is 13.8. The normalized spacial score (nSPS) is 10.3. The SMILES string of the molecule is COc1ccc(CN(C)C(=O)Cn2nc(C)c(C)c(C#N)c2=O)cc1F. The third-order valence-electron chi connectivity index (χ3n) is 4.10. The maximum atomic E-state index is 13.8. The van der Waals surface area contributed by atoms with E-state index in [0.717, 1.165) is 4.68 Å². The lowest BCUT2D eigenvalue weighted by Crippen LogP contribution is -2.36. The first-order valence-corrected chi connectivity index (χ1v) is 7.83. The fourth-order valence-corrected chi connectivity index (χ4v) is 2.43. The molecule has 0 atom stereocenters. The summed E-state index contributed by atoms with van der Waals surface area (Å²) in [5, 5.41) is 13.2. The van der Waals surface area contributed by atoms with Gasteiger partial charge in [0.25, 0.3) is 5.56 Å². The summed E-state index contributed by atoms with van der Waals surface area (Å²) in [4.78, 5) is 26.0. The molecule has 7 nitrogen and oxygen atoms in total. The first-order valence-electron chi connectivity index (χ1n) is 7.83. The molecular weight excluding hydrogens is 339 g/mol. The van der Waals surface area contributed by atoms with Crippen LogP contribution >= 0.6 is 0 Å². The third kappa shape index (κ3) is 3.88. The van der Waals surface area contributed by atoms with E-state index >= 15 is 0 Å². The van der Waals surface area contributed by atoms with E-state index in [2.05, 4.69) is 5.10 Å². The molecule has 2 rings (SSSR count). The van der Waals surface area contributed by atoms with Crippen LogP contribution in [-0.2, 0) is 17.9 Å². The van der Waals surface area contributed by atoms with E-state index in [1.165, 1.54) is 24.1 Å². The van der Waals surface area contributed by atoms with Gasteiger partial charge in [0, 0.05) is 13.6 Å². The Morgan fingerprint density at radius 3 is 2.69 bits per heavy atom. The van der Waals surface area contributed by atoms with Gasteiger partial charge in [-0.1, -0.05) is 6.07 Å². The molecule has 2 aromatic rings. The van der Waals surface area contributed by atoms with Crippen LogP contribution in [0, 0.1) is 31.0 Å². The number of methoxy groups -OCH3 is 1. The summed E-state index contributed by atoms with van der Waals surface area (Å²) in [7, 11) is 2.92. The highest BCUT2D eigenvalue weighted by Crippen LogP contribution is 2.18. The van der Waals surface area contributed by atoms with Crippen molar-refractivity contribution in [1.82, 2.24) is 14.7 Å². The average Bonchev–Trinajstić information content (AvgIpc) is 2.60. The predicted molar refractivity (Wildman–Crippen MR) is 92.1 cm³/mol. The van der Waals surface area contributed by atoms with Crippen molar-refractivity contribution in [3.63, 3.8) is 0 Å². The van der Waals surface area contributed by atoms with Crippen molar-refractivity contribution in [2.75, 3.05) is 14.2 Å². The second-order valence-corrected chi connectivity index (χ2v) is 5.88. The molecule has 0 aliphatic heterocycles. The zero-order valence-electron chi connectivity index (χ0n) is 15.0. The highest BCUT2D eigenvalue weighted by molar-refractivity contribution is 5.75. The van der Waals surface area contributed by atoms with Crippen LogP contribution in [0.3, 0.4) is 0 Å². The van der Waals surface area contributed by atoms with Crippen LogP contribution < -0.4 is 10.3 Å². The summed E-state index contributed by atoms with van der Waals surface area (Å²) < 4.78 is 19.6. The monoisotopic (exact) mass is 358 g/mol. The molecule has 0 aliphatic carbocycles. The van der Waals surface area contributed by atoms with Gasteiger partial charge in [-0.05, 0) is 37.1 Å². The van der Waals surface area contributed by atoms with Gasteiger partial charge in [0.15, 0.2) is 11.6 Å². The van der Waals surface area contributed by atoms with Gasteiger partial charge < -0.3 is 9.64 Å². The lowest BCUT2D eigenvalue weighted by molar-refractivity contribution is -0.131. The lowest BCUT2D eigenvalue weighted by atomic mass is 10.1. The molecule has 0 fully saturated rings. The maximum Gasteiger partial charge on any atom is 0.285 e. The number of carbonyl (C=O) groups is 1. The van der Waals surface area contributed by atoms with Crippen molar-refractivity contribution in [2.45, 2.75) is 26.9 Å². The number of ether oxygens (including phenoxy) is 1. The van der Waals surface area contributed by atoms with E-state index in [4.69, 9.17) is 10.00 Å². The van der Waals surface area contributed by atoms with Crippen LogP contribution in [0.1, 0.15) is 22.4 Å². The molecular formula is C18H19FN4O3. The summed E-state index contributed by atoms with van der Waals surface area (Å²) in [6.07, 6.45) is 0. The van der Waals surface area contributed by atoms with Crippen LogP contribution in [0.5, 0.6) is 5.75 Å². The number of aryl methyl sites for hydroxylation is 1. The van der Waals surface area contributed by atoms with Gasteiger partial charge in [-0.25, -0.2) is 9.07 Å². The number of amides is 1. The van der Waals surface area contributed by atoms with Crippen molar-refractivity contribution < 1.29 is 13.9 Å². The minimum atomic E-state index is -0.604. The van der Waals surface area contributed by atoms with Gasteiger partial charge in [-0.15, -0.1) is 0 Å². The largest absolute Gasteiger partial charge is 0.494 e. The second kappa shape index (κ2) is 7.78. The summed E-state index contributed by atoms with van der Waals surface area (Å²) in [6.45, 7) is 3.16. The van der Waals surface area contributed by atoms with Crippen LogP contribution in [0.4, 0.5) is 4.39 Å². The van der Waals surface area contributed by atoms with E-state index in [9.17, 15) is 14.0 Å². The second-order valence-electron chi connectivity index (χ2n) is 5.88. The van der Waals surface area contributed by atoms with Gasteiger partial charge in [0.2, 0.25) is 5.91 Å². The van der Waals surface area contributed by atoms with Crippen LogP contribution in [-0.4, -0.2) is 34.7 Å². The smallest absolute Gasteiger partial charge is 0.285 e. The van der Waals surface area contributed by atoms with E-state index in [-0.39, 0.29) is 30.3 Å². The van der Waals surface area contributed by atoms with Gasteiger partial charge >= 0.3 is 0 Å². The molecule has 1 aromatic heterocycles. The molecule has 1 amide bonds. The topological polar surface area (TPSA) is 88.2 Å². The zero-order chi connectivity index (χ0) is 19.4. The summed E-state index contributed by atoms with van der Waals surface area (Å²) in [6, 6.07) is 6.28. The fraction of sp³-hybridized carbons (Fsp3) is 0.333. The number of nitrogens with zero attached hydrogens (tertiary/aromatic N) is 4. The number of benzene rings is 1. The molecule has 0 N–H and O–H groups in total. The Kier molecular flexibility index (Phi) is 5.72. The van der Waals surface area contributed by atoms with E-state index in [0.29, 0.717) is 16.8 Å². The quantitative estimate of drug-likeness (QED) is 0.809. The molecule has 0 saturated carbocycles. The molecule has 0 bridgehead atoms. The Labute approximate surface area is 150 Å². The zero-order valence-corrected chi connectivity index (χ0v) is 15.0. The number of rotatable bonds is 5. The Bertz CT molecular complexity index is 947. The minimum Gasteiger partial charge on any atom is -0.494 e. The van der Waals surface area contributed by atoms with Crippen molar-refractivity contribution in [3.8, 4) is 11.8 Å². The van der Waals surface area contributed by atoms with Gasteiger partial charge in [0.05, 0.1) is 12.8 Å². The van der Waals surface area contributed by atoms with Gasteiger partial charge in [-0.3, -0.25) is 9.59 Å². The average molecular weight is 358 g/mol. The summed E-state index contributed by atoms with van der Waals surface area (Å²) in [5.74, 6) is -0.780. The van der Waals surface area contributed by atoms with Gasteiger partial charge in [-0.2, -0.15) is 10.4 Å². The fourth-order valence-electron chi connectivity index (χ4n) is 2.43. The van der Waals surface area contributed by atoms with E-state index in [1.807, 2.05) is 6.07 Å². The number of halogens is 1. The molecule has 1 aromatic carbocycles. The van der Waals surface area contributed by atoms with Crippen molar-refractivity contribution >= 4 is 5.91 Å². The predicted octanol–water partition coefficient (Wildman–Crippen LogP) is 1.54. The number of hydrogen-bond acceptors (Lipinski definition) is 5. The summed E-state index contributed by atoms with van der Waals surface area (Å²) in [5.41, 5.74) is 0.965. The van der Waals surface area contributed by atoms with Crippen molar-refractivity contribution in [1.29, 1.82) is 5.26 Å². The first kappa shape index (κ1) is 19.1. The Hall–Kier alpha value is -3.21. The number of likely N-dealkylation sites (N-methyl/N-ethyl adjacent to an activating group) is 1. The molecule has 1 heterocycles. The van der Waals surface area contributed by atoms with Crippen molar-refractivity contribution in [3.05, 3.63) is 56.8 Å². The Morgan fingerprint density at radius 1 is 1.42 bits per heavy atom.